The van der Waals surface area contributed by atoms with Gasteiger partial charge >= 0.3 is 5.97 Å². The molecule has 0 radical (unpaired) electrons. The summed E-state index contributed by atoms with van der Waals surface area (Å²) in [5, 5.41) is 1.11. The minimum atomic E-state index is -0.514. The molecule has 0 aliphatic heterocycles. The van der Waals surface area contributed by atoms with Crippen LogP contribution in [0.3, 0.4) is 0 Å². The van der Waals surface area contributed by atoms with Gasteiger partial charge < -0.3 is 14.1 Å². The number of benzene rings is 1. The van der Waals surface area contributed by atoms with E-state index in [1.54, 1.807) is 30.3 Å². The van der Waals surface area contributed by atoms with Crippen molar-refractivity contribution in [3.05, 3.63) is 53.1 Å². The monoisotopic (exact) mass is 303 g/mol. The molecule has 0 saturated carbocycles. The van der Waals surface area contributed by atoms with Crippen LogP contribution in [0, 0.1) is 0 Å². The number of aromatic nitrogens is 1. The number of fused-ring (bicyclic) bond motifs is 1. The van der Waals surface area contributed by atoms with E-state index in [9.17, 15) is 9.59 Å². The molecule has 0 saturated heterocycles. The van der Waals surface area contributed by atoms with E-state index in [-0.39, 0.29) is 17.2 Å². The predicted octanol–water partition coefficient (Wildman–Crippen LogP) is 3.57. The summed E-state index contributed by atoms with van der Waals surface area (Å²) in [5.74, 6) is -0.584. The molecule has 0 bridgehead atoms. The highest BCUT2D eigenvalue weighted by atomic mass is 35.5. The first-order valence-electron chi connectivity index (χ1n) is 6.14. The Morgan fingerprint density at radius 1 is 1.29 bits per heavy atom. The maximum absolute atomic E-state index is 12.4. The summed E-state index contributed by atoms with van der Waals surface area (Å²) in [6.45, 7) is 1.27. The molecule has 0 spiro atoms. The largest absolute Gasteiger partial charge is 0.461 e. The number of H-pyrrole nitrogens is 1. The molecule has 1 aromatic carbocycles. The molecule has 0 unspecified atom stereocenters. The number of hydrogen-bond donors (Lipinski definition) is 1. The summed E-state index contributed by atoms with van der Waals surface area (Å²) in [6, 6.07) is 8.15. The predicted molar refractivity (Wildman–Crippen MR) is 76.8 cm³/mol. The number of ether oxygens (including phenoxy) is 1. The molecule has 1 N–H and O–H groups in total. The fourth-order valence-electron chi connectivity index (χ4n) is 2.08. The Hall–Kier alpha value is -2.53. The zero-order chi connectivity index (χ0) is 15.0. The summed E-state index contributed by atoms with van der Waals surface area (Å²) in [7, 11) is 0. The number of rotatable bonds is 3. The van der Waals surface area contributed by atoms with E-state index in [4.69, 9.17) is 20.8 Å². The summed E-state index contributed by atoms with van der Waals surface area (Å²) in [4.78, 5) is 26.6. The summed E-state index contributed by atoms with van der Waals surface area (Å²) in [5.41, 5.74) is 0.756. The number of aromatic amines is 1. The van der Waals surface area contributed by atoms with E-state index in [0.29, 0.717) is 15.9 Å². The van der Waals surface area contributed by atoms with Gasteiger partial charge in [-0.3, -0.25) is 9.59 Å². The minimum Gasteiger partial charge on any atom is -0.461 e. The van der Waals surface area contributed by atoms with Gasteiger partial charge in [0, 0.05) is 17.3 Å². The van der Waals surface area contributed by atoms with Crippen LogP contribution < -0.4 is 4.74 Å². The van der Waals surface area contributed by atoms with Gasteiger partial charge in [0.15, 0.2) is 11.5 Å². The SMILES string of the molecule is CC(=O)Oc1c(C(=O)c2ccco2)[nH]c2cc(Cl)ccc12. The van der Waals surface area contributed by atoms with Crippen molar-refractivity contribution in [2.45, 2.75) is 6.92 Å². The van der Waals surface area contributed by atoms with Crippen LogP contribution in [0.1, 0.15) is 23.2 Å². The second kappa shape index (κ2) is 5.10. The van der Waals surface area contributed by atoms with Gasteiger partial charge in [0.05, 0.1) is 11.8 Å². The van der Waals surface area contributed by atoms with Crippen molar-refractivity contribution in [3.8, 4) is 5.75 Å². The first kappa shape index (κ1) is 13.5. The Morgan fingerprint density at radius 3 is 2.76 bits per heavy atom. The lowest BCUT2D eigenvalue weighted by Crippen LogP contribution is -2.07. The second-order valence-electron chi connectivity index (χ2n) is 4.42. The summed E-state index contributed by atoms with van der Waals surface area (Å²) < 4.78 is 10.3. The van der Waals surface area contributed by atoms with Gasteiger partial charge in [0.2, 0.25) is 5.78 Å². The van der Waals surface area contributed by atoms with E-state index in [2.05, 4.69) is 4.98 Å². The van der Waals surface area contributed by atoms with Crippen molar-refractivity contribution in [3.63, 3.8) is 0 Å². The van der Waals surface area contributed by atoms with Crippen molar-refractivity contribution in [2.24, 2.45) is 0 Å². The van der Waals surface area contributed by atoms with Crippen LogP contribution in [-0.2, 0) is 4.79 Å². The third kappa shape index (κ3) is 2.43. The van der Waals surface area contributed by atoms with Crippen LogP contribution in [-0.4, -0.2) is 16.7 Å². The van der Waals surface area contributed by atoms with Crippen molar-refractivity contribution in [2.75, 3.05) is 0 Å². The van der Waals surface area contributed by atoms with Crippen molar-refractivity contribution in [1.82, 2.24) is 4.98 Å². The zero-order valence-electron chi connectivity index (χ0n) is 11.0. The Labute approximate surface area is 124 Å². The number of carbonyl (C=O) groups is 2. The molecule has 0 atom stereocenters. The lowest BCUT2D eigenvalue weighted by molar-refractivity contribution is -0.131. The first-order chi connectivity index (χ1) is 10.1. The van der Waals surface area contributed by atoms with E-state index < -0.39 is 11.8 Å². The standard InChI is InChI=1S/C15H10ClNO4/c1-8(18)21-15-10-5-4-9(16)7-11(10)17-13(15)14(19)12-3-2-6-20-12/h2-7,17H,1H3. The number of ketones is 1. The molecular formula is C15H10ClNO4. The fraction of sp³-hybridized carbons (Fsp3) is 0.0667. The molecule has 5 nitrogen and oxygen atoms in total. The van der Waals surface area contributed by atoms with Gasteiger partial charge in [0.1, 0.15) is 5.69 Å². The Bertz CT molecular complexity index is 833. The van der Waals surface area contributed by atoms with Crippen LogP contribution in [0.15, 0.2) is 41.0 Å². The number of carbonyl (C=O) groups excluding carboxylic acids is 2. The molecule has 2 heterocycles. The first-order valence-corrected chi connectivity index (χ1v) is 6.52. The molecule has 3 rings (SSSR count). The van der Waals surface area contributed by atoms with Crippen LogP contribution in [0.2, 0.25) is 5.02 Å². The summed E-state index contributed by atoms with van der Waals surface area (Å²) >= 11 is 5.93. The number of furan rings is 1. The van der Waals surface area contributed by atoms with E-state index >= 15 is 0 Å². The lowest BCUT2D eigenvalue weighted by atomic mass is 10.2. The highest BCUT2D eigenvalue weighted by Crippen LogP contribution is 2.33. The van der Waals surface area contributed by atoms with Crippen molar-refractivity contribution >= 4 is 34.3 Å². The average molecular weight is 304 g/mol. The molecule has 0 amide bonds. The molecule has 106 valence electrons. The molecule has 0 aliphatic rings. The van der Waals surface area contributed by atoms with Gasteiger partial charge in [0.25, 0.3) is 0 Å². The van der Waals surface area contributed by atoms with Crippen molar-refractivity contribution < 1.29 is 18.7 Å². The van der Waals surface area contributed by atoms with Gasteiger partial charge in [-0.2, -0.15) is 0 Å². The normalized spacial score (nSPS) is 10.8. The minimum absolute atomic E-state index is 0.150. The van der Waals surface area contributed by atoms with E-state index in [1.165, 1.54) is 13.2 Å². The van der Waals surface area contributed by atoms with Crippen LogP contribution in [0.5, 0.6) is 5.75 Å². The second-order valence-corrected chi connectivity index (χ2v) is 4.86. The van der Waals surface area contributed by atoms with Gasteiger partial charge in [-0.15, -0.1) is 0 Å². The molecular weight excluding hydrogens is 294 g/mol. The van der Waals surface area contributed by atoms with Gasteiger partial charge in [-0.1, -0.05) is 11.6 Å². The van der Waals surface area contributed by atoms with E-state index in [0.717, 1.165) is 0 Å². The smallest absolute Gasteiger partial charge is 0.308 e. The maximum Gasteiger partial charge on any atom is 0.308 e. The van der Waals surface area contributed by atoms with Gasteiger partial charge in [-0.25, -0.2) is 0 Å². The summed E-state index contributed by atoms with van der Waals surface area (Å²) in [6.07, 6.45) is 1.40. The third-order valence-corrected chi connectivity index (χ3v) is 3.17. The van der Waals surface area contributed by atoms with E-state index in [1.807, 2.05) is 0 Å². The van der Waals surface area contributed by atoms with Crippen molar-refractivity contribution in [1.29, 1.82) is 0 Å². The number of esters is 1. The third-order valence-electron chi connectivity index (χ3n) is 2.93. The molecule has 0 aliphatic carbocycles. The highest BCUT2D eigenvalue weighted by molar-refractivity contribution is 6.31. The Balaban J connectivity index is 2.20. The topological polar surface area (TPSA) is 72.3 Å². The molecule has 6 heteroatoms. The van der Waals surface area contributed by atoms with Crippen LogP contribution in [0.4, 0.5) is 0 Å². The quantitative estimate of drug-likeness (QED) is 0.593. The molecule has 2 aromatic heterocycles. The molecule has 21 heavy (non-hydrogen) atoms. The average Bonchev–Trinajstić information content (AvgIpc) is 3.05. The highest BCUT2D eigenvalue weighted by Gasteiger charge is 2.23. The molecule has 3 aromatic rings. The Kier molecular flexibility index (Phi) is 3.27. The molecule has 0 fully saturated rings. The number of halogens is 1. The lowest BCUT2D eigenvalue weighted by Gasteiger charge is -2.02. The Morgan fingerprint density at radius 2 is 2.10 bits per heavy atom. The fourth-order valence-corrected chi connectivity index (χ4v) is 2.26. The zero-order valence-corrected chi connectivity index (χ0v) is 11.7. The van der Waals surface area contributed by atoms with Gasteiger partial charge in [-0.05, 0) is 30.3 Å². The maximum atomic E-state index is 12.4. The van der Waals surface area contributed by atoms with Crippen LogP contribution in [0.25, 0.3) is 10.9 Å². The number of nitrogens with one attached hydrogen (secondary N) is 1. The number of hydrogen-bond acceptors (Lipinski definition) is 4. The van der Waals surface area contributed by atoms with Crippen LogP contribution >= 0.6 is 11.6 Å².